The SMILES string of the molecule is Cc1cc2c(cc1-c1cc(C(=O)O)nn1C)OCC(C)(C)CO2. The van der Waals surface area contributed by atoms with Gasteiger partial charge in [-0.25, -0.2) is 4.79 Å². The van der Waals surface area contributed by atoms with Gasteiger partial charge in [0.05, 0.1) is 18.9 Å². The van der Waals surface area contributed by atoms with E-state index in [4.69, 9.17) is 14.6 Å². The van der Waals surface area contributed by atoms with E-state index in [2.05, 4.69) is 18.9 Å². The summed E-state index contributed by atoms with van der Waals surface area (Å²) in [5.41, 5.74) is 2.56. The Bertz CT molecular complexity index is 777. The van der Waals surface area contributed by atoms with Crippen LogP contribution in [-0.2, 0) is 7.05 Å². The maximum atomic E-state index is 11.1. The summed E-state index contributed by atoms with van der Waals surface area (Å²) in [6, 6.07) is 5.40. The number of fused-ring (bicyclic) bond motifs is 1. The average molecular weight is 316 g/mol. The molecule has 0 fully saturated rings. The van der Waals surface area contributed by atoms with Crippen LogP contribution in [0.15, 0.2) is 18.2 Å². The van der Waals surface area contributed by atoms with Crippen molar-refractivity contribution < 1.29 is 19.4 Å². The molecule has 1 aromatic heterocycles. The second-order valence-corrected chi connectivity index (χ2v) is 6.70. The van der Waals surface area contributed by atoms with Crippen LogP contribution in [0.25, 0.3) is 11.3 Å². The fraction of sp³-hybridized carbons (Fsp3) is 0.412. The molecule has 0 saturated carbocycles. The largest absolute Gasteiger partial charge is 0.489 e. The Morgan fingerprint density at radius 2 is 1.83 bits per heavy atom. The van der Waals surface area contributed by atoms with Gasteiger partial charge in [0.1, 0.15) is 0 Å². The zero-order valence-electron chi connectivity index (χ0n) is 13.7. The van der Waals surface area contributed by atoms with E-state index in [9.17, 15) is 4.79 Å². The van der Waals surface area contributed by atoms with Gasteiger partial charge in [0.15, 0.2) is 17.2 Å². The molecule has 1 aliphatic heterocycles. The third-order valence-corrected chi connectivity index (χ3v) is 3.90. The van der Waals surface area contributed by atoms with Crippen LogP contribution < -0.4 is 9.47 Å². The van der Waals surface area contributed by atoms with Crippen molar-refractivity contribution in [1.29, 1.82) is 0 Å². The Kier molecular flexibility index (Phi) is 3.55. The molecule has 0 bridgehead atoms. The molecule has 122 valence electrons. The van der Waals surface area contributed by atoms with Crippen LogP contribution in [0.5, 0.6) is 11.5 Å². The monoisotopic (exact) mass is 316 g/mol. The topological polar surface area (TPSA) is 73.6 Å². The van der Waals surface area contributed by atoms with Gasteiger partial charge in [0, 0.05) is 18.0 Å². The molecule has 1 aromatic carbocycles. The van der Waals surface area contributed by atoms with E-state index < -0.39 is 5.97 Å². The molecule has 3 rings (SSSR count). The molecule has 0 radical (unpaired) electrons. The van der Waals surface area contributed by atoms with Crippen LogP contribution in [0.4, 0.5) is 0 Å². The number of carboxylic acids is 1. The highest BCUT2D eigenvalue weighted by Crippen LogP contribution is 2.39. The Balaban J connectivity index is 2.06. The minimum atomic E-state index is -1.04. The summed E-state index contributed by atoms with van der Waals surface area (Å²) in [7, 11) is 1.73. The van der Waals surface area contributed by atoms with Gasteiger partial charge in [-0.15, -0.1) is 0 Å². The molecule has 23 heavy (non-hydrogen) atoms. The van der Waals surface area contributed by atoms with E-state index in [1.54, 1.807) is 17.8 Å². The summed E-state index contributed by atoms with van der Waals surface area (Å²) in [6.07, 6.45) is 0. The lowest BCUT2D eigenvalue weighted by molar-refractivity contribution is 0.0689. The van der Waals surface area contributed by atoms with Gasteiger partial charge in [-0.3, -0.25) is 4.68 Å². The summed E-state index contributed by atoms with van der Waals surface area (Å²) in [5, 5.41) is 13.1. The quantitative estimate of drug-likeness (QED) is 0.922. The highest BCUT2D eigenvalue weighted by atomic mass is 16.5. The van der Waals surface area contributed by atoms with E-state index in [0.29, 0.717) is 19.0 Å². The van der Waals surface area contributed by atoms with Crippen molar-refractivity contribution in [2.24, 2.45) is 12.5 Å². The Labute approximate surface area is 134 Å². The van der Waals surface area contributed by atoms with Crippen LogP contribution in [0.3, 0.4) is 0 Å². The van der Waals surface area contributed by atoms with E-state index in [-0.39, 0.29) is 11.1 Å². The molecule has 0 atom stereocenters. The van der Waals surface area contributed by atoms with E-state index in [1.807, 2.05) is 19.1 Å². The van der Waals surface area contributed by atoms with Crippen molar-refractivity contribution in [3.63, 3.8) is 0 Å². The first-order valence-corrected chi connectivity index (χ1v) is 7.45. The van der Waals surface area contributed by atoms with Crippen molar-refractivity contribution in [2.45, 2.75) is 20.8 Å². The number of carboxylic acid groups (broad SMARTS) is 1. The van der Waals surface area contributed by atoms with E-state index >= 15 is 0 Å². The van der Waals surface area contributed by atoms with Crippen molar-refractivity contribution in [3.05, 3.63) is 29.5 Å². The smallest absolute Gasteiger partial charge is 0.356 e. The standard InChI is InChI=1S/C17H20N2O4/c1-10-5-14-15(23-9-17(2,3)8-22-14)6-11(10)13-7-12(16(20)21)18-19(13)4/h5-7H,8-9H2,1-4H3,(H,20,21). The van der Waals surface area contributed by atoms with Gasteiger partial charge in [0.25, 0.3) is 0 Å². The first kappa shape index (κ1) is 15.4. The molecule has 0 amide bonds. The molecule has 6 nitrogen and oxygen atoms in total. The maximum Gasteiger partial charge on any atom is 0.356 e. The van der Waals surface area contributed by atoms with E-state index in [0.717, 1.165) is 22.6 Å². The lowest BCUT2D eigenvalue weighted by Gasteiger charge is -2.19. The highest BCUT2D eigenvalue weighted by Gasteiger charge is 2.26. The molecule has 0 aliphatic carbocycles. The van der Waals surface area contributed by atoms with Crippen molar-refractivity contribution in [3.8, 4) is 22.8 Å². The average Bonchev–Trinajstić information content (AvgIpc) is 2.79. The summed E-state index contributed by atoms with van der Waals surface area (Å²) < 4.78 is 13.3. The van der Waals surface area contributed by atoms with E-state index in [1.165, 1.54) is 0 Å². The maximum absolute atomic E-state index is 11.1. The second-order valence-electron chi connectivity index (χ2n) is 6.70. The number of aromatic nitrogens is 2. The number of rotatable bonds is 2. The molecule has 2 aromatic rings. The Morgan fingerprint density at radius 1 is 1.22 bits per heavy atom. The summed E-state index contributed by atoms with van der Waals surface area (Å²) >= 11 is 0. The minimum absolute atomic E-state index is 0.0233. The lowest BCUT2D eigenvalue weighted by Crippen LogP contribution is -2.26. The molecule has 6 heteroatoms. The van der Waals surface area contributed by atoms with Gasteiger partial charge in [0.2, 0.25) is 0 Å². The van der Waals surface area contributed by atoms with Gasteiger partial charge in [-0.1, -0.05) is 13.8 Å². The fourth-order valence-electron chi connectivity index (χ4n) is 2.57. The van der Waals surface area contributed by atoms with Gasteiger partial charge in [-0.2, -0.15) is 5.10 Å². The van der Waals surface area contributed by atoms with Crippen LogP contribution in [0, 0.1) is 12.3 Å². The molecular weight excluding hydrogens is 296 g/mol. The second kappa shape index (κ2) is 5.30. The zero-order valence-corrected chi connectivity index (χ0v) is 13.7. The third-order valence-electron chi connectivity index (χ3n) is 3.90. The number of hydrogen-bond donors (Lipinski definition) is 1. The number of aryl methyl sites for hydroxylation is 2. The fourth-order valence-corrected chi connectivity index (χ4v) is 2.57. The highest BCUT2D eigenvalue weighted by molar-refractivity contribution is 5.87. The summed E-state index contributed by atoms with van der Waals surface area (Å²) in [5.74, 6) is 0.354. The van der Waals surface area contributed by atoms with Crippen molar-refractivity contribution in [1.82, 2.24) is 9.78 Å². The van der Waals surface area contributed by atoms with Crippen LogP contribution in [0.1, 0.15) is 29.9 Å². The molecule has 0 saturated heterocycles. The minimum Gasteiger partial charge on any atom is -0.489 e. The lowest BCUT2D eigenvalue weighted by atomic mass is 9.97. The summed E-state index contributed by atoms with van der Waals surface area (Å²) in [6.45, 7) is 7.30. The van der Waals surface area contributed by atoms with Crippen molar-refractivity contribution in [2.75, 3.05) is 13.2 Å². The number of ether oxygens (including phenoxy) is 2. The molecule has 1 N–H and O–H groups in total. The van der Waals surface area contributed by atoms with Crippen molar-refractivity contribution >= 4 is 5.97 Å². The zero-order chi connectivity index (χ0) is 16.8. The number of nitrogens with zero attached hydrogens (tertiary/aromatic N) is 2. The molecular formula is C17H20N2O4. The number of benzene rings is 1. The Hall–Kier alpha value is -2.50. The Morgan fingerprint density at radius 3 is 2.39 bits per heavy atom. The third kappa shape index (κ3) is 2.88. The van der Waals surface area contributed by atoms with Gasteiger partial charge >= 0.3 is 5.97 Å². The molecule has 0 unspecified atom stereocenters. The van der Waals surface area contributed by atoms with Gasteiger partial charge in [-0.05, 0) is 30.7 Å². The predicted molar refractivity (Wildman–Crippen MR) is 85.1 cm³/mol. The predicted octanol–water partition coefficient (Wildman–Crippen LogP) is 2.89. The van der Waals surface area contributed by atoms with Crippen LogP contribution in [0.2, 0.25) is 0 Å². The summed E-state index contributed by atoms with van der Waals surface area (Å²) in [4.78, 5) is 11.1. The molecule has 2 heterocycles. The molecule has 0 spiro atoms. The normalized spacial score (nSPS) is 16.0. The number of aromatic carboxylic acids is 1. The number of hydrogen-bond acceptors (Lipinski definition) is 4. The van der Waals surface area contributed by atoms with Gasteiger partial charge < -0.3 is 14.6 Å². The first-order chi connectivity index (χ1) is 10.8. The van der Waals surface area contributed by atoms with Crippen LogP contribution in [-0.4, -0.2) is 34.1 Å². The first-order valence-electron chi connectivity index (χ1n) is 7.45. The molecule has 1 aliphatic rings. The number of carbonyl (C=O) groups is 1. The van der Waals surface area contributed by atoms with Crippen LogP contribution >= 0.6 is 0 Å².